The molecule has 0 fully saturated rings. The highest BCUT2D eigenvalue weighted by Crippen LogP contribution is 2.18. The number of rotatable bonds is 10. The van der Waals surface area contributed by atoms with Gasteiger partial charge in [0.1, 0.15) is 0 Å². The molecule has 0 saturated heterocycles. The second kappa shape index (κ2) is 50.5. The predicted octanol–water partition coefficient (Wildman–Crippen LogP) is 14.4. The van der Waals surface area contributed by atoms with E-state index in [9.17, 15) is 0 Å². The van der Waals surface area contributed by atoms with Gasteiger partial charge in [-0.1, -0.05) is 146 Å². The van der Waals surface area contributed by atoms with Crippen molar-refractivity contribution in [2.75, 3.05) is 0 Å². The summed E-state index contributed by atoms with van der Waals surface area (Å²) < 4.78 is 0. The molecule has 1 atom stereocenters. The van der Waals surface area contributed by atoms with Crippen molar-refractivity contribution in [1.29, 1.82) is 0 Å². The molecule has 0 heteroatoms. The second-order valence-corrected chi connectivity index (χ2v) is 8.88. The van der Waals surface area contributed by atoms with Crippen LogP contribution in [0.15, 0.2) is 60.8 Å². The van der Waals surface area contributed by atoms with E-state index < -0.39 is 0 Å². The minimum absolute atomic E-state index is 0.819. The average Bonchev–Trinajstić information content (AvgIpc) is 2.86. The summed E-state index contributed by atoms with van der Waals surface area (Å²) in [6.07, 6.45) is 14.4. The summed E-state index contributed by atoms with van der Waals surface area (Å²) in [6.45, 7) is 48.0. The fraction of sp³-hybridized carbons (Fsp3) is 0.722. The lowest BCUT2D eigenvalue weighted by molar-refractivity contribution is 0.392. The van der Waals surface area contributed by atoms with Crippen LogP contribution < -0.4 is 0 Å². The molecule has 0 aliphatic carbocycles. The minimum atomic E-state index is 0.819. The van der Waals surface area contributed by atoms with E-state index in [0.29, 0.717) is 0 Å². The van der Waals surface area contributed by atoms with Crippen LogP contribution in [0.2, 0.25) is 0 Å². The van der Waals surface area contributed by atoms with E-state index in [0.717, 1.165) is 24.7 Å². The van der Waals surface area contributed by atoms with Crippen LogP contribution >= 0.6 is 0 Å². The standard InChI is InChI=1S/C12H20.C10H20.C5H12.C3H8.2C2H6.C2H4/c1-6-8-9-11(5)12(7-2)10(3)4;1-8(2)6-7-10(5)9(3)4;1-3-5-4-2;1-3-2;3*1-2/h8-9H,3,6-7H2,1-2,4-5H3;9-10H,1,6-7H2,2-5H3;3-5H2,1-2H3;3H2,1-2H3;2*1-2H3;1-2H2/b9-8-,12-11+;;;;;;. The number of allylic oxidation sites excluding steroid dienone is 6. The fourth-order valence-corrected chi connectivity index (χ4v) is 2.47. The first-order chi connectivity index (χ1) is 17.0. The molecule has 0 rings (SSSR count). The van der Waals surface area contributed by atoms with Crippen LogP contribution in [0.1, 0.15) is 162 Å². The number of hydrogen-bond donors (Lipinski definition) is 0. The maximum atomic E-state index is 3.96. The van der Waals surface area contributed by atoms with Gasteiger partial charge in [-0.05, 0) is 69.4 Å². The zero-order valence-corrected chi connectivity index (χ0v) is 28.8. The van der Waals surface area contributed by atoms with Gasteiger partial charge in [0.05, 0.1) is 0 Å². The number of hydrogen-bond acceptors (Lipinski definition) is 0. The van der Waals surface area contributed by atoms with E-state index in [1.807, 2.05) is 27.7 Å². The van der Waals surface area contributed by atoms with Crippen molar-refractivity contribution in [1.82, 2.24) is 0 Å². The molecule has 0 aromatic carbocycles. The van der Waals surface area contributed by atoms with Crippen molar-refractivity contribution < 1.29 is 0 Å². The van der Waals surface area contributed by atoms with E-state index in [4.69, 9.17) is 0 Å². The van der Waals surface area contributed by atoms with Gasteiger partial charge in [-0.15, -0.1) is 19.7 Å². The quantitative estimate of drug-likeness (QED) is 0.203. The molecule has 0 amide bonds. The first-order valence-corrected chi connectivity index (χ1v) is 15.2. The van der Waals surface area contributed by atoms with Gasteiger partial charge in [0.2, 0.25) is 0 Å². The Balaban J connectivity index is -0.0000000628. The van der Waals surface area contributed by atoms with Gasteiger partial charge in [-0.3, -0.25) is 0 Å². The molecule has 36 heavy (non-hydrogen) atoms. The normalized spacial score (nSPS) is 10.4. The summed E-state index contributed by atoms with van der Waals surface area (Å²) in [7, 11) is 0. The Morgan fingerprint density at radius 3 is 1.33 bits per heavy atom. The van der Waals surface area contributed by atoms with Crippen molar-refractivity contribution >= 4 is 0 Å². The summed E-state index contributed by atoms with van der Waals surface area (Å²) in [5.74, 6) is 1.66. The molecular weight excluding hydrogens is 432 g/mol. The Hall–Kier alpha value is -1.30. The molecule has 0 radical (unpaired) electrons. The second-order valence-electron chi connectivity index (χ2n) is 8.88. The fourth-order valence-electron chi connectivity index (χ4n) is 2.47. The van der Waals surface area contributed by atoms with Crippen LogP contribution in [-0.4, -0.2) is 0 Å². The SMILES string of the molecule is C=C.C=C(C)/C(CC)=C(C)/C=C\CC.C=C(C)CCC(C)C(C)C.CC.CC.CCC.CCCCC. The predicted molar refractivity (Wildman–Crippen MR) is 180 cm³/mol. The molecular formula is C36H76. The summed E-state index contributed by atoms with van der Waals surface area (Å²) in [6, 6.07) is 0. The Kier molecular flexibility index (Phi) is 72.1. The smallest absolute Gasteiger partial charge is 0.0302 e. The van der Waals surface area contributed by atoms with Crippen LogP contribution in [-0.2, 0) is 0 Å². The van der Waals surface area contributed by atoms with Gasteiger partial charge >= 0.3 is 0 Å². The van der Waals surface area contributed by atoms with Gasteiger partial charge in [-0.25, -0.2) is 0 Å². The van der Waals surface area contributed by atoms with E-state index in [1.54, 1.807) is 0 Å². The maximum absolute atomic E-state index is 3.96. The molecule has 0 saturated carbocycles. The van der Waals surface area contributed by atoms with Crippen molar-refractivity contribution in [3.63, 3.8) is 0 Å². The summed E-state index contributed by atoms with van der Waals surface area (Å²) in [5.41, 5.74) is 5.25. The monoisotopic (exact) mass is 509 g/mol. The highest BCUT2D eigenvalue weighted by atomic mass is 14.1. The maximum Gasteiger partial charge on any atom is -0.0302 e. The topological polar surface area (TPSA) is 0 Å². The van der Waals surface area contributed by atoms with Gasteiger partial charge in [0.25, 0.3) is 0 Å². The van der Waals surface area contributed by atoms with Crippen LogP contribution in [0.5, 0.6) is 0 Å². The van der Waals surface area contributed by atoms with E-state index in [-0.39, 0.29) is 0 Å². The molecule has 0 aliphatic heterocycles. The Morgan fingerprint density at radius 1 is 0.750 bits per heavy atom. The summed E-state index contributed by atoms with van der Waals surface area (Å²) in [4.78, 5) is 0. The van der Waals surface area contributed by atoms with Gasteiger partial charge in [0.15, 0.2) is 0 Å². The molecule has 0 bridgehead atoms. The number of unbranched alkanes of at least 4 members (excludes halogenated alkanes) is 2. The molecule has 0 spiro atoms. The van der Waals surface area contributed by atoms with Gasteiger partial charge < -0.3 is 0 Å². The van der Waals surface area contributed by atoms with E-state index in [2.05, 4.69) is 122 Å². The molecule has 1 unspecified atom stereocenters. The lowest BCUT2D eigenvalue weighted by Gasteiger charge is -2.14. The molecule has 0 aliphatic rings. The first kappa shape index (κ1) is 51.4. The Bertz CT molecular complexity index is 443. The third kappa shape index (κ3) is 58.5. The Morgan fingerprint density at radius 2 is 1.14 bits per heavy atom. The summed E-state index contributed by atoms with van der Waals surface area (Å²) >= 11 is 0. The van der Waals surface area contributed by atoms with Crippen molar-refractivity contribution in [2.24, 2.45) is 11.8 Å². The van der Waals surface area contributed by atoms with Crippen molar-refractivity contribution in [3.05, 3.63) is 60.8 Å². The molecule has 0 N–H and O–H groups in total. The van der Waals surface area contributed by atoms with Gasteiger partial charge in [-0.2, -0.15) is 0 Å². The Labute approximate surface area is 234 Å². The lowest BCUT2D eigenvalue weighted by Crippen LogP contribution is -2.03. The van der Waals surface area contributed by atoms with Crippen LogP contribution in [0.25, 0.3) is 0 Å². The average molecular weight is 509 g/mol. The highest BCUT2D eigenvalue weighted by molar-refractivity contribution is 5.36. The van der Waals surface area contributed by atoms with Crippen LogP contribution in [0.4, 0.5) is 0 Å². The first-order valence-electron chi connectivity index (χ1n) is 15.2. The van der Waals surface area contributed by atoms with E-state index >= 15 is 0 Å². The summed E-state index contributed by atoms with van der Waals surface area (Å²) in [5, 5.41) is 0. The highest BCUT2D eigenvalue weighted by Gasteiger charge is 2.05. The molecule has 0 heterocycles. The lowest BCUT2D eigenvalue weighted by atomic mass is 9.92. The van der Waals surface area contributed by atoms with Crippen molar-refractivity contribution in [2.45, 2.75) is 162 Å². The zero-order chi connectivity index (χ0) is 30.5. The van der Waals surface area contributed by atoms with Crippen LogP contribution in [0, 0.1) is 11.8 Å². The zero-order valence-electron chi connectivity index (χ0n) is 28.8. The molecule has 0 aromatic heterocycles. The van der Waals surface area contributed by atoms with Crippen molar-refractivity contribution in [3.8, 4) is 0 Å². The third-order valence-corrected chi connectivity index (χ3v) is 4.82. The van der Waals surface area contributed by atoms with Gasteiger partial charge in [0, 0.05) is 0 Å². The third-order valence-electron chi connectivity index (χ3n) is 4.82. The largest absolute Gasteiger partial charge is 0.106 e. The molecule has 220 valence electrons. The minimum Gasteiger partial charge on any atom is -0.106 e. The van der Waals surface area contributed by atoms with Crippen LogP contribution in [0.3, 0.4) is 0 Å². The van der Waals surface area contributed by atoms with E-state index in [1.165, 1.54) is 60.8 Å². The molecule has 0 nitrogen and oxygen atoms in total. The molecule has 0 aromatic rings.